The third kappa shape index (κ3) is 3.63. The summed E-state index contributed by atoms with van der Waals surface area (Å²) in [6, 6.07) is 28.8. The van der Waals surface area contributed by atoms with Gasteiger partial charge in [0.1, 0.15) is 11.2 Å². The molecule has 0 fully saturated rings. The van der Waals surface area contributed by atoms with Gasteiger partial charge in [0, 0.05) is 10.8 Å². The zero-order valence-electron chi connectivity index (χ0n) is 19.1. The molecule has 1 heterocycles. The Hall–Kier alpha value is -3.06. The summed E-state index contributed by atoms with van der Waals surface area (Å²) in [6.45, 7) is 11.5. The average molecular weight is 407 g/mol. The maximum atomic E-state index is 6.14. The number of hydrogen-bond donors (Lipinski definition) is 0. The second-order valence-corrected chi connectivity index (χ2v) is 10.5. The van der Waals surface area contributed by atoms with E-state index in [1.807, 2.05) is 12.1 Å². The second kappa shape index (κ2) is 6.99. The van der Waals surface area contributed by atoms with Crippen molar-refractivity contribution in [1.29, 1.82) is 0 Å². The van der Waals surface area contributed by atoms with Crippen LogP contribution in [0.1, 0.15) is 51.3 Å². The molecule has 0 saturated carbocycles. The molecule has 5 rings (SSSR count). The first-order chi connectivity index (χ1) is 14.7. The van der Waals surface area contributed by atoms with Gasteiger partial charge in [-0.25, -0.2) is 0 Å². The number of benzene rings is 4. The van der Waals surface area contributed by atoms with E-state index in [1.165, 1.54) is 38.2 Å². The molecule has 0 amide bonds. The summed E-state index contributed by atoms with van der Waals surface area (Å²) >= 11 is 0. The highest BCUT2D eigenvalue weighted by Gasteiger charge is 2.23. The van der Waals surface area contributed by atoms with Gasteiger partial charge in [-0.15, -0.1) is 0 Å². The van der Waals surface area contributed by atoms with E-state index in [9.17, 15) is 0 Å². The quantitative estimate of drug-likeness (QED) is 0.292. The minimum Gasteiger partial charge on any atom is -0.456 e. The molecule has 0 bridgehead atoms. The topological polar surface area (TPSA) is 13.1 Å². The molecule has 1 nitrogen and oxygen atoms in total. The molecule has 0 aliphatic carbocycles. The molecule has 0 aliphatic rings. The number of para-hydroxylation sites is 1. The normalized spacial score (nSPS) is 12.8. The lowest BCUT2D eigenvalue weighted by Crippen LogP contribution is -2.20. The summed E-state index contributed by atoms with van der Waals surface area (Å²) in [5, 5.41) is 5.01. The van der Waals surface area contributed by atoms with Gasteiger partial charge < -0.3 is 4.42 Å². The molecule has 0 radical (unpaired) electrons. The van der Waals surface area contributed by atoms with Crippen molar-refractivity contribution in [2.75, 3.05) is 0 Å². The molecule has 0 aliphatic heterocycles. The van der Waals surface area contributed by atoms with Crippen molar-refractivity contribution in [2.45, 2.75) is 51.9 Å². The van der Waals surface area contributed by atoms with Crippen molar-refractivity contribution >= 4 is 32.7 Å². The fourth-order valence-electron chi connectivity index (χ4n) is 4.63. The van der Waals surface area contributed by atoms with Crippen molar-refractivity contribution in [3.05, 3.63) is 95.6 Å². The van der Waals surface area contributed by atoms with Crippen LogP contribution in [0.3, 0.4) is 0 Å². The van der Waals surface area contributed by atoms with Crippen LogP contribution < -0.4 is 0 Å². The Morgan fingerprint density at radius 2 is 1.32 bits per heavy atom. The van der Waals surface area contributed by atoms with Crippen LogP contribution in [0.15, 0.2) is 83.3 Å². The number of rotatable bonds is 3. The minimum atomic E-state index is 0.00246. The van der Waals surface area contributed by atoms with Crippen LogP contribution in [-0.4, -0.2) is 0 Å². The summed E-state index contributed by atoms with van der Waals surface area (Å²) < 4.78 is 6.14. The van der Waals surface area contributed by atoms with Crippen LogP contribution in [-0.2, 0) is 17.3 Å². The molecule has 1 heteroatoms. The Kier molecular flexibility index (Phi) is 4.48. The Morgan fingerprint density at radius 3 is 2.13 bits per heavy atom. The molecule has 5 aromatic rings. The molecule has 31 heavy (non-hydrogen) atoms. The van der Waals surface area contributed by atoms with Gasteiger partial charge in [0.2, 0.25) is 0 Å². The van der Waals surface area contributed by atoms with Crippen molar-refractivity contribution < 1.29 is 4.42 Å². The fraction of sp³-hybridized carbons (Fsp3) is 0.267. The molecule has 4 aromatic carbocycles. The Bertz CT molecular complexity index is 1410. The lowest BCUT2D eigenvalue weighted by molar-refractivity contribution is 0.522. The van der Waals surface area contributed by atoms with Gasteiger partial charge in [-0.1, -0.05) is 101 Å². The van der Waals surface area contributed by atoms with E-state index in [2.05, 4.69) is 101 Å². The highest BCUT2D eigenvalue weighted by molar-refractivity contribution is 6.04. The zero-order valence-corrected chi connectivity index (χ0v) is 19.1. The van der Waals surface area contributed by atoms with Gasteiger partial charge in [0.05, 0.1) is 0 Å². The Labute approximate surface area is 184 Å². The van der Waals surface area contributed by atoms with Crippen molar-refractivity contribution in [1.82, 2.24) is 0 Å². The van der Waals surface area contributed by atoms with Crippen LogP contribution in [0.4, 0.5) is 0 Å². The van der Waals surface area contributed by atoms with Crippen LogP contribution >= 0.6 is 0 Å². The van der Waals surface area contributed by atoms with Crippen molar-refractivity contribution in [2.24, 2.45) is 0 Å². The molecular weight excluding hydrogens is 376 g/mol. The van der Waals surface area contributed by atoms with Gasteiger partial charge in [-0.3, -0.25) is 0 Å². The molecule has 1 aromatic heterocycles. The molecule has 156 valence electrons. The second-order valence-electron chi connectivity index (χ2n) is 10.5. The smallest absolute Gasteiger partial charge is 0.135 e. The van der Waals surface area contributed by atoms with Gasteiger partial charge >= 0.3 is 0 Å². The van der Waals surface area contributed by atoms with Gasteiger partial charge in [-0.05, 0) is 56.8 Å². The maximum absolute atomic E-state index is 6.14. The fourth-order valence-corrected chi connectivity index (χ4v) is 4.63. The van der Waals surface area contributed by atoms with E-state index in [0.29, 0.717) is 0 Å². The highest BCUT2D eigenvalue weighted by Crippen LogP contribution is 2.35. The molecule has 0 spiro atoms. The van der Waals surface area contributed by atoms with Crippen LogP contribution in [0.5, 0.6) is 0 Å². The van der Waals surface area contributed by atoms with Gasteiger partial charge in [0.25, 0.3) is 0 Å². The molecule has 0 atom stereocenters. The minimum absolute atomic E-state index is 0.00246. The third-order valence-corrected chi connectivity index (χ3v) is 6.58. The summed E-state index contributed by atoms with van der Waals surface area (Å²) in [4.78, 5) is 0. The predicted molar refractivity (Wildman–Crippen MR) is 133 cm³/mol. The molecule has 0 saturated heterocycles. The standard InChI is InChI=1S/C30H30O/c1-29(2,3)23-13-12-21-11-10-20(16-22(21)17-23)19-30(4,5)24-14-15-26-25-8-6-7-9-27(25)31-28(26)18-24/h6-18H,19H2,1-5H3. The van der Waals surface area contributed by atoms with E-state index in [4.69, 9.17) is 4.42 Å². The summed E-state index contributed by atoms with van der Waals surface area (Å²) in [7, 11) is 0. The van der Waals surface area contributed by atoms with E-state index in [-0.39, 0.29) is 10.8 Å². The first-order valence-electron chi connectivity index (χ1n) is 11.2. The zero-order chi connectivity index (χ0) is 21.8. The van der Waals surface area contributed by atoms with E-state index < -0.39 is 0 Å². The van der Waals surface area contributed by atoms with Crippen LogP contribution in [0.2, 0.25) is 0 Å². The number of fused-ring (bicyclic) bond motifs is 4. The van der Waals surface area contributed by atoms with Crippen LogP contribution in [0, 0.1) is 0 Å². The lowest BCUT2D eigenvalue weighted by atomic mass is 9.78. The monoisotopic (exact) mass is 406 g/mol. The number of furan rings is 1. The highest BCUT2D eigenvalue weighted by atomic mass is 16.3. The first-order valence-corrected chi connectivity index (χ1v) is 11.2. The van der Waals surface area contributed by atoms with E-state index >= 15 is 0 Å². The van der Waals surface area contributed by atoms with E-state index in [0.717, 1.165) is 17.6 Å². The maximum Gasteiger partial charge on any atom is 0.135 e. The summed E-state index contributed by atoms with van der Waals surface area (Å²) in [6.07, 6.45) is 0.981. The summed E-state index contributed by atoms with van der Waals surface area (Å²) in [5.74, 6) is 0. The third-order valence-electron chi connectivity index (χ3n) is 6.58. The van der Waals surface area contributed by atoms with Gasteiger partial charge in [0.15, 0.2) is 0 Å². The average Bonchev–Trinajstić information content (AvgIpc) is 3.10. The van der Waals surface area contributed by atoms with Crippen LogP contribution in [0.25, 0.3) is 32.7 Å². The molecule has 0 N–H and O–H groups in total. The van der Waals surface area contributed by atoms with Crippen molar-refractivity contribution in [3.63, 3.8) is 0 Å². The first kappa shape index (κ1) is 19.9. The SMILES string of the molecule is CC(C)(C)c1ccc2ccc(CC(C)(C)c3ccc4c(c3)oc3ccccc34)cc2c1. The van der Waals surface area contributed by atoms with E-state index in [1.54, 1.807) is 0 Å². The van der Waals surface area contributed by atoms with Crippen molar-refractivity contribution in [3.8, 4) is 0 Å². The molecule has 0 unspecified atom stereocenters. The largest absolute Gasteiger partial charge is 0.456 e. The van der Waals surface area contributed by atoms with Gasteiger partial charge in [-0.2, -0.15) is 0 Å². The Morgan fingerprint density at radius 1 is 0.613 bits per heavy atom. The number of hydrogen-bond acceptors (Lipinski definition) is 1. The predicted octanol–water partition coefficient (Wildman–Crippen LogP) is 8.56. The Balaban J connectivity index is 1.50. The lowest BCUT2D eigenvalue weighted by Gasteiger charge is -2.26. The molecular formula is C30H30O. The summed E-state index contributed by atoms with van der Waals surface area (Å²) in [5.41, 5.74) is 6.15.